The van der Waals surface area contributed by atoms with Crippen molar-refractivity contribution in [1.29, 1.82) is 0 Å². The van der Waals surface area contributed by atoms with Gasteiger partial charge in [0.05, 0.1) is 19.3 Å². The topological polar surface area (TPSA) is 85.2 Å². The third-order valence-electron chi connectivity index (χ3n) is 3.13. The molecule has 1 aromatic rings. The Morgan fingerprint density at radius 1 is 1.65 bits per heavy atom. The molecule has 1 aromatic heterocycles. The Balaban J connectivity index is 1.90. The Kier molecular flexibility index (Phi) is 5.08. The van der Waals surface area contributed by atoms with E-state index in [-0.39, 0.29) is 24.0 Å². The van der Waals surface area contributed by atoms with Gasteiger partial charge in [0.2, 0.25) is 10.0 Å². The summed E-state index contributed by atoms with van der Waals surface area (Å²) in [6.07, 6.45) is 2.16. The van der Waals surface area contributed by atoms with Crippen molar-refractivity contribution in [3.8, 4) is 0 Å². The zero-order valence-corrected chi connectivity index (χ0v) is 12.1. The van der Waals surface area contributed by atoms with E-state index in [1.807, 2.05) is 0 Å². The van der Waals surface area contributed by atoms with Gasteiger partial charge in [-0.05, 0) is 6.42 Å². The van der Waals surface area contributed by atoms with Crippen LogP contribution in [0.1, 0.15) is 6.42 Å². The first-order valence-corrected chi connectivity index (χ1v) is 7.88. The number of hydrogen-bond acceptors (Lipinski definition) is 5. The first-order valence-electron chi connectivity index (χ1n) is 6.40. The maximum atomic E-state index is 13.0. The van der Waals surface area contributed by atoms with Gasteiger partial charge in [-0.2, -0.15) is 5.10 Å². The van der Waals surface area contributed by atoms with Crippen LogP contribution in [0.3, 0.4) is 0 Å². The van der Waals surface area contributed by atoms with E-state index >= 15 is 0 Å². The largest absolute Gasteiger partial charge is 0.383 e. The zero-order chi connectivity index (χ0) is 14.6. The predicted octanol–water partition coefficient (Wildman–Crippen LogP) is -0.492. The van der Waals surface area contributed by atoms with E-state index in [0.717, 1.165) is 0 Å². The molecule has 1 fully saturated rings. The predicted molar refractivity (Wildman–Crippen MR) is 70.6 cm³/mol. The standard InChI is InChI=1S/C11H19FN4O3S/c1-19-3-2-16-8-11(7-14-16)20(17,18)15-6-10-4-9(12)5-13-10/h7-10,13,15H,2-6H2,1H3/t9-,10-/m0/s1. The van der Waals surface area contributed by atoms with E-state index in [4.69, 9.17) is 4.74 Å². The number of nitrogens with one attached hydrogen (secondary N) is 2. The molecular formula is C11H19FN4O3S. The normalized spacial score (nSPS) is 23.3. The van der Waals surface area contributed by atoms with Gasteiger partial charge in [0.1, 0.15) is 11.1 Å². The number of halogens is 1. The summed E-state index contributed by atoms with van der Waals surface area (Å²) in [6.45, 7) is 1.39. The van der Waals surface area contributed by atoms with Crippen LogP contribution in [0, 0.1) is 0 Å². The molecule has 0 aromatic carbocycles. The zero-order valence-electron chi connectivity index (χ0n) is 11.3. The molecular weight excluding hydrogens is 287 g/mol. The van der Waals surface area contributed by atoms with E-state index in [1.54, 1.807) is 7.11 Å². The summed E-state index contributed by atoms with van der Waals surface area (Å²) < 4.78 is 45.9. The van der Waals surface area contributed by atoms with E-state index in [1.165, 1.54) is 17.1 Å². The van der Waals surface area contributed by atoms with E-state index < -0.39 is 16.2 Å². The second-order valence-electron chi connectivity index (χ2n) is 4.72. The molecule has 1 aliphatic heterocycles. The number of nitrogens with zero attached hydrogens (tertiary/aromatic N) is 2. The molecule has 20 heavy (non-hydrogen) atoms. The molecule has 2 heterocycles. The molecule has 0 aliphatic carbocycles. The van der Waals surface area contributed by atoms with Crippen LogP contribution >= 0.6 is 0 Å². The maximum Gasteiger partial charge on any atom is 0.243 e. The van der Waals surface area contributed by atoms with Gasteiger partial charge in [-0.25, -0.2) is 17.5 Å². The molecule has 0 radical (unpaired) electrons. The van der Waals surface area contributed by atoms with Crippen LogP contribution in [-0.4, -0.2) is 57.2 Å². The Bertz CT molecular complexity index is 534. The fraction of sp³-hybridized carbons (Fsp3) is 0.727. The maximum absolute atomic E-state index is 13.0. The molecule has 7 nitrogen and oxygen atoms in total. The highest BCUT2D eigenvalue weighted by Crippen LogP contribution is 2.11. The Hall–Kier alpha value is -1.03. The Morgan fingerprint density at radius 3 is 3.10 bits per heavy atom. The van der Waals surface area contributed by atoms with E-state index in [9.17, 15) is 12.8 Å². The highest BCUT2D eigenvalue weighted by Gasteiger charge is 2.25. The van der Waals surface area contributed by atoms with Gasteiger partial charge in [0.25, 0.3) is 0 Å². The van der Waals surface area contributed by atoms with E-state index in [2.05, 4.69) is 15.1 Å². The molecule has 1 saturated heterocycles. The number of rotatable bonds is 7. The molecule has 2 rings (SSSR count). The van der Waals surface area contributed by atoms with Crippen LogP contribution in [0.25, 0.3) is 0 Å². The molecule has 0 unspecified atom stereocenters. The number of ether oxygens (including phenoxy) is 1. The van der Waals surface area contributed by atoms with Crippen LogP contribution < -0.4 is 10.0 Å². The molecule has 0 spiro atoms. The lowest BCUT2D eigenvalue weighted by Crippen LogP contribution is -2.37. The lowest BCUT2D eigenvalue weighted by Gasteiger charge is -2.10. The smallest absolute Gasteiger partial charge is 0.243 e. The van der Waals surface area contributed by atoms with Crippen LogP contribution in [0.4, 0.5) is 4.39 Å². The monoisotopic (exact) mass is 306 g/mol. The average molecular weight is 306 g/mol. The quantitative estimate of drug-likeness (QED) is 0.710. The van der Waals surface area contributed by atoms with Crippen molar-refractivity contribution in [1.82, 2.24) is 19.8 Å². The van der Waals surface area contributed by atoms with Crippen LogP contribution in [0.5, 0.6) is 0 Å². The average Bonchev–Trinajstić information content (AvgIpc) is 3.03. The molecule has 2 N–H and O–H groups in total. The SMILES string of the molecule is COCCn1cc(S(=O)(=O)NC[C@@H]2C[C@H](F)CN2)cn1. The van der Waals surface area contributed by atoms with Crippen molar-refractivity contribution in [3.63, 3.8) is 0 Å². The highest BCUT2D eigenvalue weighted by molar-refractivity contribution is 7.89. The van der Waals surface area contributed by atoms with E-state index in [0.29, 0.717) is 19.6 Å². The van der Waals surface area contributed by atoms with Gasteiger partial charge in [-0.15, -0.1) is 0 Å². The fourth-order valence-electron chi connectivity index (χ4n) is 2.01. The summed E-state index contributed by atoms with van der Waals surface area (Å²) in [7, 11) is -2.04. The van der Waals surface area contributed by atoms with Gasteiger partial charge in [-0.3, -0.25) is 4.68 Å². The van der Waals surface area contributed by atoms with Crippen molar-refractivity contribution in [2.45, 2.75) is 30.1 Å². The molecule has 1 aliphatic rings. The Morgan fingerprint density at radius 2 is 2.45 bits per heavy atom. The lowest BCUT2D eigenvalue weighted by molar-refractivity contribution is 0.183. The summed E-state index contributed by atoms with van der Waals surface area (Å²) in [6, 6.07) is -0.164. The van der Waals surface area contributed by atoms with Crippen molar-refractivity contribution < 1.29 is 17.5 Å². The summed E-state index contributed by atoms with van der Waals surface area (Å²) in [5.74, 6) is 0. The van der Waals surface area contributed by atoms with Gasteiger partial charge in [0, 0.05) is 32.4 Å². The second kappa shape index (κ2) is 6.61. The third-order valence-corrected chi connectivity index (χ3v) is 4.51. The number of sulfonamides is 1. The highest BCUT2D eigenvalue weighted by atomic mass is 32.2. The first kappa shape index (κ1) is 15.4. The summed E-state index contributed by atoms with van der Waals surface area (Å²) in [5, 5.41) is 6.88. The van der Waals surface area contributed by atoms with Crippen LogP contribution in [0.15, 0.2) is 17.3 Å². The van der Waals surface area contributed by atoms with Gasteiger partial charge >= 0.3 is 0 Å². The first-order chi connectivity index (χ1) is 9.51. The number of hydrogen-bond donors (Lipinski definition) is 2. The molecule has 2 atom stereocenters. The number of methoxy groups -OCH3 is 1. The molecule has 0 bridgehead atoms. The van der Waals surface area contributed by atoms with Crippen LogP contribution in [0.2, 0.25) is 0 Å². The molecule has 0 amide bonds. The minimum Gasteiger partial charge on any atom is -0.383 e. The Labute approximate surface area is 117 Å². The van der Waals surface area contributed by atoms with Crippen molar-refractivity contribution in [2.24, 2.45) is 0 Å². The summed E-state index contributed by atoms with van der Waals surface area (Å²) in [4.78, 5) is 0.100. The van der Waals surface area contributed by atoms with Crippen molar-refractivity contribution in [3.05, 3.63) is 12.4 Å². The van der Waals surface area contributed by atoms with Gasteiger partial charge in [0.15, 0.2) is 0 Å². The fourth-order valence-corrected chi connectivity index (χ4v) is 3.04. The van der Waals surface area contributed by atoms with Gasteiger partial charge in [-0.1, -0.05) is 0 Å². The molecule has 114 valence electrons. The van der Waals surface area contributed by atoms with Crippen molar-refractivity contribution >= 4 is 10.0 Å². The second-order valence-corrected chi connectivity index (χ2v) is 6.49. The number of alkyl halides is 1. The summed E-state index contributed by atoms with van der Waals surface area (Å²) >= 11 is 0. The van der Waals surface area contributed by atoms with Crippen molar-refractivity contribution in [2.75, 3.05) is 26.8 Å². The summed E-state index contributed by atoms with van der Waals surface area (Å²) in [5.41, 5.74) is 0. The minimum atomic E-state index is -3.61. The lowest BCUT2D eigenvalue weighted by atomic mass is 10.2. The van der Waals surface area contributed by atoms with Crippen LogP contribution in [-0.2, 0) is 21.3 Å². The molecule has 0 saturated carbocycles. The third kappa shape index (κ3) is 3.98. The minimum absolute atomic E-state index is 0.100. The number of aromatic nitrogens is 2. The van der Waals surface area contributed by atoms with Gasteiger partial charge < -0.3 is 10.1 Å². The molecule has 9 heteroatoms.